The van der Waals surface area contributed by atoms with Gasteiger partial charge in [-0.2, -0.15) is 0 Å². The van der Waals surface area contributed by atoms with E-state index in [1.807, 2.05) is 0 Å². The molecule has 0 bridgehead atoms. The SMILES string of the molecule is C=C(N)OC1CCC2(CO2)C(C2(C)OC2CC=C(C)C)C1OC. The average Bonchev–Trinajstić information content (AvgIpc) is 3.37. The Bertz CT molecular complexity index is 509. The molecule has 6 unspecified atom stereocenters. The van der Waals surface area contributed by atoms with E-state index < -0.39 is 0 Å². The van der Waals surface area contributed by atoms with Crippen LogP contribution in [0.4, 0.5) is 0 Å². The quantitative estimate of drug-likeness (QED) is 0.462. The van der Waals surface area contributed by atoms with E-state index in [9.17, 15) is 0 Å². The zero-order valence-electron chi connectivity index (χ0n) is 14.6. The summed E-state index contributed by atoms with van der Waals surface area (Å²) in [4.78, 5) is 0. The van der Waals surface area contributed by atoms with Crippen LogP contribution in [-0.4, -0.2) is 43.2 Å². The molecule has 1 spiro atoms. The van der Waals surface area contributed by atoms with E-state index in [0.717, 1.165) is 25.9 Å². The van der Waals surface area contributed by atoms with E-state index in [1.165, 1.54) is 5.57 Å². The molecule has 0 aromatic carbocycles. The van der Waals surface area contributed by atoms with Crippen molar-refractivity contribution in [3.8, 4) is 0 Å². The van der Waals surface area contributed by atoms with Crippen molar-refractivity contribution in [3.63, 3.8) is 0 Å². The molecule has 0 radical (unpaired) electrons. The lowest BCUT2D eigenvalue weighted by molar-refractivity contribution is -0.124. The largest absolute Gasteiger partial charge is 0.474 e. The van der Waals surface area contributed by atoms with Gasteiger partial charge >= 0.3 is 0 Å². The Morgan fingerprint density at radius 3 is 2.65 bits per heavy atom. The van der Waals surface area contributed by atoms with Crippen molar-refractivity contribution < 1.29 is 18.9 Å². The van der Waals surface area contributed by atoms with Gasteiger partial charge in [0.1, 0.15) is 23.4 Å². The summed E-state index contributed by atoms with van der Waals surface area (Å²) >= 11 is 0. The van der Waals surface area contributed by atoms with E-state index in [-0.39, 0.29) is 41.3 Å². The van der Waals surface area contributed by atoms with E-state index in [2.05, 4.69) is 33.4 Å². The maximum atomic E-state index is 6.14. The van der Waals surface area contributed by atoms with Crippen LogP contribution in [-0.2, 0) is 18.9 Å². The minimum absolute atomic E-state index is 0.0950. The maximum Gasteiger partial charge on any atom is 0.177 e. The molecular weight excluding hydrogens is 294 g/mol. The molecule has 130 valence electrons. The highest BCUT2D eigenvalue weighted by molar-refractivity contribution is 5.21. The topological polar surface area (TPSA) is 69.5 Å². The Morgan fingerprint density at radius 2 is 2.13 bits per heavy atom. The first kappa shape index (κ1) is 16.8. The van der Waals surface area contributed by atoms with Crippen molar-refractivity contribution >= 4 is 0 Å². The van der Waals surface area contributed by atoms with Crippen LogP contribution in [0.2, 0.25) is 0 Å². The number of hydrogen-bond acceptors (Lipinski definition) is 5. The van der Waals surface area contributed by atoms with Gasteiger partial charge in [-0.15, -0.1) is 0 Å². The summed E-state index contributed by atoms with van der Waals surface area (Å²) in [7, 11) is 1.73. The van der Waals surface area contributed by atoms with Crippen LogP contribution >= 0.6 is 0 Å². The van der Waals surface area contributed by atoms with Crippen molar-refractivity contribution in [1.29, 1.82) is 0 Å². The van der Waals surface area contributed by atoms with Crippen molar-refractivity contribution in [1.82, 2.24) is 0 Å². The molecule has 2 N–H and O–H groups in total. The van der Waals surface area contributed by atoms with Crippen LogP contribution in [0.15, 0.2) is 24.1 Å². The summed E-state index contributed by atoms with van der Waals surface area (Å²) in [6.45, 7) is 10.8. The summed E-state index contributed by atoms with van der Waals surface area (Å²) in [5.41, 5.74) is 6.62. The molecule has 3 fully saturated rings. The average molecular weight is 323 g/mol. The van der Waals surface area contributed by atoms with E-state index >= 15 is 0 Å². The smallest absolute Gasteiger partial charge is 0.177 e. The standard InChI is InChI=1S/C18H29NO4/c1-11(2)6-7-14-17(4,23-14)16-15(20-5)13(22-12(3)19)8-9-18(16)10-21-18/h6,13-16H,3,7-10,19H2,1-2,4-5H3. The van der Waals surface area contributed by atoms with E-state index in [0.29, 0.717) is 0 Å². The molecule has 23 heavy (non-hydrogen) atoms. The van der Waals surface area contributed by atoms with Gasteiger partial charge in [-0.1, -0.05) is 11.6 Å². The zero-order chi connectivity index (χ0) is 16.8. The van der Waals surface area contributed by atoms with Crippen molar-refractivity contribution in [3.05, 3.63) is 24.1 Å². The lowest BCUT2D eigenvalue weighted by Crippen LogP contribution is -2.55. The Balaban J connectivity index is 1.79. The Labute approximate surface area is 138 Å². The molecule has 0 aromatic heterocycles. The van der Waals surface area contributed by atoms with Crippen LogP contribution in [0.3, 0.4) is 0 Å². The highest BCUT2D eigenvalue weighted by Crippen LogP contribution is 2.59. The van der Waals surface area contributed by atoms with Gasteiger partial charge in [-0.05, 0) is 46.6 Å². The summed E-state index contributed by atoms with van der Waals surface area (Å²) in [5, 5.41) is 0. The summed E-state index contributed by atoms with van der Waals surface area (Å²) in [6, 6.07) is 0. The third-order valence-corrected chi connectivity index (χ3v) is 5.54. The fourth-order valence-electron chi connectivity index (χ4n) is 4.26. The summed E-state index contributed by atoms with van der Waals surface area (Å²) in [5.74, 6) is 0.389. The van der Waals surface area contributed by atoms with Crippen molar-refractivity contribution in [2.24, 2.45) is 11.7 Å². The molecule has 0 amide bonds. The molecule has 1 saturated carbocycles. The lowest BCUT2D eigenvalue weighted by Gasteiger charge is -2.42. The third-order valence-electron chi connectivity index (χ3n) is 5.54. The molecule has 2 aliphatic heterocycles. The lowest BCUT2D eigenvalue weighted by atomic mass is 9.68. The fourth-order valence-corrected chi connectivity index (χ4v) is 4.26. The van der Waals surface area contributed by atoms with Crippen molar-refractivity contribution in [2.45, 2.75) is 69.5 Å². The van der Waals surface area contributed by atoms with Gasteiger partial charge < -0.3 is 24.7 Å². The first-order valence-corrected chi connectivity index (χ1v) is 8.41. The molecule has 2 saturated heterocycles. The third kappa shape index (κ3) is 3.02. The normalized spacial score (nSPS) is 44.7. The first-order valence-electron chi connectivity index (χ1n) is 8.41. The Hall–Kier alpha value is -1.04. The summed E-state index contributed by atoms with van der Waals surface area (Å²) in [6.07, 6.45) is 4.98. The van der Waals surface area contributed by atoms with Crippen LogP contribution in [0.1, 0.15) is 40.0 Å². The molecular formula is C18H29NO4. The monoisotopic (exact) mass is 323 g/mol. The van der Waals surface area contributed by atoms with E-state index in [4.69, 9.17) is 24.7 Å². The number of allylic oxidation sites excluding steroid dienone is 1. The summed E-state index contributed by atoms with van der Waals surface area (Å²) < 4.78 is 23.6. The number of ether oxygens (including phenoxy) is 4. The Morgan fingerprint density at radius 1 is 1.43 bits per heavy atom. The van der Waals surface area contributed by atoms with Crippen LogP contribution in [0.5, 0.6) is 0 Å². The molecule has 5 nitrogen and oxygen atoms in total. The van der Waals surface area contributed by atoms with Gasteiger partial charge in [0.25, 0.3) is 0 Å². The van der Waals surface area contributed by atoms with Gasteiger partial charge in [-0.3, -0.25) is 0 Å². The molecule has 0 aromatic rings. The molecule has 1 aliphatic carbocycles. The van der Waals surface area contributed by atoms with Gasteiger partial charge in [0.15, 0.2) is 5.88 Å². The van der Waals surface area contributed by atoms with Gasteiger partial charge in [0, 0.05) is 7.11 Å². The second-order valence-corrected chi connectivity index (χ2v) is 7.50. The molecule has 2 heterocycles. The molecule has 6 atom stereocenters. The van der Waals surface area contributed by atoms with Crippen LogP contribution < -0.4 is 5.73 Å². The van der Waals surface area contributed by atoms with Gasteiger partial charge in [0.05, 0.1) is 18.6 Å². The second kappa shape index (κ2) is 5.80. The number of epoxide rings is 2. The number of methoxy groups -OCH3 is 1. The van der Waals surface area contributed by atoms with Crippen LogP contribution in [0, 0.1) is 5.92 Å². The van der Waals surface area contributed by atoms with E-state index in [1.54, 1.807) is 7.11 Å². The minimum atomic E-state index is -0.235. The predicted molar refractivity (Wildman–Crippen MR) is 87.7 cm³/mol. The Kier molecular flexibility index (Phi) is 4.23. The molecule has 3 aliphatic rings. The zero-order valence-corrected chi connectivity index (χ0v) is 14.6. The first-order chi connectivity index (χ1) is 10.8. The highest BCUT2D eigenvalue weighted by atomic mass is 16.6. The fraction of sp³-hybridized carbons (Fsp3) is 0.778. The number of hydrogen-bond donors (Lipinski definition) is 1. The van der Waals surface area contributed by atoms with Gasteiger partial charge in [-0.25, -0.2) is 0 Å². The minimum Gasteiger partial charge on any atom is -0.474 e. The highest BCUT2D eigenvalue weighted by Gasteiger charge is 2.72. The predicted octanol–water partition coefficient (Wildman–Crippen LogP) is 2.51. The second-order valence-electron chi connectivity index (χ2n) is 7.50. The maximum absolute atomic E-state index is 6.14. The van der Waals surface area contributed by atoms with Crippen molar-refractivity contribution in [2.75, 3.05) is 13.7 Å². The number of rotatable bonds is 6. The van der Waals surface area contributed by atoms with Gasteiger partial charge in [0.2, 0.25) is 0 Å². The molecule has 5 heteroatoms. The molecule has 3 rings (SSSR count). The van der Waals surface area contributed by atoms with Crippen LogP contribution in [0.25, 0.3) is 0 Å². The number of nitrogens with two attached hydrogens (primary N) is 1.